The van der Waals surface area contributed by atoms with Crippen LogP contribution in [0.5, 0.6) is 11.5 Å². The van der Waals surface area contributed by atoms with E-state index in [0.29, 0.717) is 22.6 Å². The molecule has 2 aromatic rings. The van der Waals surface area contributed by atoms with Crippen LogP contribution in [-0.2, 0) is 9.53 Å². The Balaban J connectivity index is 1.94. The molecule has 0 saturated carbocycles. The van der Waals surface area contributed by atoms with Crippen LogP contribution in [-0.4, -0.2) is 32.6 Å². The maximum atomic E-state index is 13.0. The zero-order valence-electron chi connectivity index (χ0n) is 13.8. The predicted molar refractivity (Wildman–Crippen MR) is 90.3 cm³/mol. The molecule has 5 nitrogen and oxygen atoms in total. The minimum atomic E-state index is -0.696. The van der Waals surface area contributed by atoms with Crippen LogP contribution in [0.2, 0.25) is 0 Å². The largest absolute Gasteiger partial charge is 0.493 e. The molecule has 2 aromatic carbocycles. The van der Waals surface area contributed by atoms with Gasteiger partial charge in [-0.25, -0.2) is 9.18 Å². The molecule has 0 heterocycles. The zero-order chi connectivity index (χ0) is 18.2. The molecule has 2 rings (SSSR count). The van der Waals surface area contributed by atoms with E-state index in [-0.39, 0.29) is 5.78 Å². The summed E-state index contributed by atoms with van der Waals surface area (Å²) in [7, 11) is 2.95. The lowest BCUT2D eigenvalue weighted by Crippen LogP contribution is -2.12. The maximum absolute atomic E-state index is 13.0. The van der Waals surface area contributed by atoms with Crippen LogP contribution < -0.4 is 9.47 Å². The number of ether oxygens (including phenoxy) is 3. The van der Waals surface area contributed by atoms with Gasteiger partial charge in [-0.1, -0.05) is 12.1 Å². The second-order valence-corrected chi connectivity index (χ2v) is 4.99. The van der Waals surface area contributed by atoms with Crippen LogP contribution >= 0.6 is 0 Å². The van der Waals surface area contributed by atoms with Crippen LogP contribution in [0.1, 0.15) is 15.9 Å². The summed E-state index contributed by atoms with van der Waals surface area (Å²) in [5.41, 5.74) is 0.850. The van der Waals surface area contributed by atoms with E-state index in [4.69, 9.17) is 14.2 Å². The van der Waals surface area contributed by atoms with Crippen molar-refractivity contribution < 1.29 is 28.2 Å². The van der Waals surface area contributed by atoms with Gasteiger partial charge in [0, 0.05) is 11.6 Å². The summed E-state index contributed by atoms with van der Waals surface area (Å²) < 4.78 is 28.2. The summed E-state index contributed by atoms with van der Waals surface area (Å²) in [4.78, 5) is 23.7. The van der Waals surface area contributed by atoms with Crippen LogP contribution in [0.4, 0.5) is 4.39 Å². The summed E-state index contributed by atoms with van der Waals surface area (Å²) in [6, 6.07) is 10.4. The second-order valence-electron chi connectivity index (χ2n) is 4.99. The van der Waals surface area contributed by atoms with Gasteiger partial charge in [0.05, 0.1) is 14.2 Å². The maximum Gasteiger partial charge on any atom is 0.331 e. The summed E-state index contributed by atoms with van der Waals surface area (Å²) >= 11 is 0. The van der Waals surface area contributed by atoms with E-state index in [1.54, 1.807) is 18.2 Å². The second kappa shape index (κ2) is 8.63. The molecule has 0 N–H and O–H groups in total. The highest BCUT2D eigenvalue weighted by Crippen LogP contribution is 2.27. The standard InChI is InChI=1S/C19H17FO5/c1-23-17-8-7-14(11-18(17)24-2)16(21)12-25-19(22)9-6-13-4-3-5-15(20)10-13/h3-11H,12H2,1-2H3/b9-6+. The van der Waals surface area contributed by atoms with Crippen LogP contribution in [0.25, 0.3) is 6.08 Å². The molecule has 0 amide bonds. The Bertz CT molecular complexity index is 798. The molecule has 0 aliphatic heterocycles. The van der Waals surface area contributed by atoms with E-state index < -0.39 is 18.4 Å². The van der Waals surface area contributed by atoms with Crippen molar-refractivity contribution in [2.75, 3.05) is 20.8 Å². The molecule has 0 aromatic heterocycles. The smallest absolute Gasteiger partial charge is 0.331 e. The number of ketones is 1. The van der Waals surface area contributed by atoms with Gasteiger partial charge in [0.2, 0.25) is 0 Å². The van der Waals surface area contributed by atoms with Gasteiger partial charge < -0.3 is 14.2 Å². The average Bonchev–Trinajstić information content (AvgIpc) is 2.63. The lowest BCUT2D eigenvalue weighted by Gasteiger charge is -2.09. The average molecular weight is 344 g/mol. The minimum absolute atomic E-state index is 0.333. The molecule has 0 spiro atoms. The topological polar surface area (TPSA) is 61.8 Å². The van der Waals surface area contributed by atoms with Gasteiger partial charge in [-0.2, -0.15) is 0 Å². The van der Waals surface area contributed by atoms with Crippen molar-refractivity contribution in [3.63, 3.8) is 0 Å². The van der Waals surface area contributed by atoms with Crippen LogP contribution in [0.3, 0.4) is 0 Å². The molecule has 6 heteroatoms. The van der Waals surface area contributed by atoms with Crippen LogP contribution in [0.15, 0.2) is 48.5 Å². The Morgan fingerprint density at radius 1 is 1.04 bits per heavy atom. The van der Waals surface area contributed by atoms with Crippen molar-refractivity contribution in [1.82, 2.24) is 0 Å². The number of halogens is 1. The van der Waals surface area contributed by atoms with Crippen molar-refractivity contribution >= 4 is 17.8 Å². The van der Waals surface area contributed by atoms with Gasteiger partial charge >= 0.3 is 5.97 Å². The first kappa shape index (κ1) is 18.2. The van der Waals surface area contributed by atoms with Gasteiger partial charge in [0.15, 0.2) is 23.9 Å². The van der Waals surface area contributed by atoms with Crippen molar-refractivity contribution in [2.45, 2.75) is 0 Å². The Kier molecular flexibility index (Phi) is 6.28. The molecule has 0 fully saturated rings. The van der Waals surface area contributed by atoms with E-state index in [1.807, 2.05) is 0 Å². The van der Waals surface area contributed by atoms with E-state index in [2.05, 4.69) is 0 Å². The number of hydrogen-bond acceptors (Lipinski definition) is 5. The quantitative estimate of drug-likeness (QED) is 0.438. The normalized spacial score (nSPS) is 10.5. The lowest BCUT2D eigenvalue weighted by molar-refractivity contribution is -0.136. The molecule has 0 atom stereocenters. The molecule has 0 saturated heterocycles. The van der Waals surface area contributed by atoms with Crippen molar-refractivity contribution in [2.24, 2.45) is 0 Å². The predicted octanol–water partition coefficient (Wildman–Crippen LogP) is 3.28. The number of hydrogen-bond donors (Lipinski definition) is 0. The highest BCUT2D eigenvalue weighted by molar-refractivity contribution is 5.99. The van der Waals surface area contributed by atoms with Crippen LogP contribution in [0, 0.1) is 5.82 Å². The third-order valence-electron chi connectivity index (χ3n) is 3.31. The number of carbonyl (C=O) groups is 2. The minimum Gasteiger partial charge on any atom is -0.493 e. The number of carbonyl (C=O) groups excluding carboxylic acids is 2. The van der Waals surface area contributed by atoms with E-state index in [1.165, 1.54) is 44.6 Å². The third kappa shape index (κ3) is 5.17. The number of benzene rings is 2. The molecule has 0 radical (unpaired) electrons. The fraction of sp³-hybridized carbons (Fsp3) is 0.158. The monoisotopic (exact) mass is 344 g/mol. The van der Waals surface area contributed by atoms with Gasteiger partial charge in [-0.05, 0) is 42.0 Å². The third-order valence-corrected chi connectivity index (χ3v) is 3.31. The first-order chi connectivity index (χ1) is 12.0. The van der Waals surface area contributed by atoms with Gasteiger partial charge in [0.25, 0.3) is 0 Å². The molecular formula is C19H17FO5. The van der Waals surface area contributed by atoms with Gasteiger partial charge in [-0.3, -0.25) is 4.79 Å². The van der Waals surface area contributed by atoms with Gasteiger partial charge in [-0.15, -0.1) is 0 Å². The SMILES string of the molecule is COc1ccc(C(=O)COC(=O)/C=C/c2cccc(F)c2)cc1OC. The van der Waals surface area contributed by atoms with E-state index in [0.717, 1.165) is 6.08 Å². The molecule has 0 unspecified atom stereocenters. The molecule has 130 valence electrons. The number of rotatable bonds is 7. The van der Waals surface area contributed by atoms with Crippen molar-refractivity contribution in [3.05, 3.63) is 65.5 Å². The first-order valence-corrected chi connectivity index (χ1v) is 7.39. The first-order valence-electron chi connectivity index (χ1n) is 7.39. The Morgan fingerprint density at radius 2 is 1.80 bits per heavy atom. The Labute approximate surface area is 144 Å². The Morgan fingerprint density at radius 3 is 2.48 bits per heavy atom. The lowest BCUT2D eigenvalue weighted by atomic mass is 10.1. The number of Topliss-reactive ketones (excluding diaryl/α,β-unsaturated/α-hetero) is 1. The zero-order valence-corrected chi connectivity index (χ0v) is 13.8. The summed E-state index contributed by atoms with van der Waals surface area (Å²) in [6.45, 7) is -0.415. The van der Waals surface area contributed by atoms with Gasteiger partial charge in [0.1, 0.15) is 5.82 Å². The fourth-order valence-corrected chi connectivity index (χ4v) is 2.05. The highest BCUT2D eigenvalue weighted by Gasteiger charge is 2.12. The van der Waals surface area contributed by atoms with E-state index in [9.17, 15) is 14.0 Å². The summed E-state index contributed by atoms with van der Waals surface area (Å²) in [5.74, 6) is -0.578. The molecule has 0 bridgehead atoms. The molecule has 0 aliphatic rings. The summed E-state index contributed by atoms with van der Waals surface area (Å²) in [5, 5.41) is 0. The summed E-state index contributed by atoms with van der Waals surface area (Å²) in [6.07, 6.45) is 2.54. The van der Waals surface area contributed by atoms with Crippen molar-refractivity contribution in [3.8, 4) is 11.5 Å². The number of esters is 1. The molecule has 0 aliphatic carbocycles. The van der Waals surface area contributed by atoms with Crippen molar-refractivity contribution in [1.29, 1.82) is 0 Å². The number of methoxy groups -OCH3 is 2. The fourth-order valence-electron chi connectivity index (χ4n) is 2.05. The Hall–Kier alpha value is -3.15. The molecular weight excluding hydrogens is 327 g/mol. The molecule has 25 heavy (non-hydrogen) atoms. The van der Waals surface area contributed by atoms with E-state index >= 15 is 0 Å². The highest BCUT2D eigenvalue weighted by atomic mass is 19.1.